The van der Waals surface area contributed by atoms with E-state index in [0.717, 1.165) is 42.9 Å². The normalized spacial score (nSPS) is 23.1. The maximum Gasteiger partial charge on any atom is 0.231 e. The molecule has 2 heterocycles. The number of fused-ring (bicyclic) bond motifs is 1. The minimum atomic E-state index is -0.105. The Morgan fingerprint density at radius 1 is 1.35 bits per heavy atom. The summed E-state index contributed by atoms with van der Waals surface area (Å²) in [4.78, 5) is 14.4. The van der Waals surface area contributed by atoms with Crippen molar-refractivity contribution in [1.82, 2.24) is 4.90 Å². The molecule has 0 spiro atoms. The van der Waals surface area contributed by atoms with Crippen LogP contribution in [0.25, 0.3) is 0 Å². The molecule has 3 rings (SSSR count). The van der Waals surface area contributed by atoms with E-state index in [1.54, 1.807) is 0 Å². The second-order valence-corrected chi connectivity index (χ2v) is 6.62. The van der Waals surface area contributed by atoms with Crippen LogP contribution in [-0.2, 0) is 11.2 Å². The quantitative estimate of drug-likeness (QED) is 0.905. The third kappa shape index (κ3) is 3.44. The summed E-state index contributed by atoms with van der Waals surface area (Å²) >= 11 is 0. The van der Waals surface area contributed by atoms with Crippen LogP contribution in [0.15, 0.2) is 18.2 Å². The number of carbonyl (C=O) groups is 1. The molecular formula is C18H25NO4. The van der Waals surface area contributed by atoms with Crippen LogP contribution in [-0.4, -0.2) is 42.4 Å². The van der Waals surface area contributed by atoms with E-state index in [4.69, 9.17) is 9.47 Å². The number of nitrogens with zero attached hydrogens (tertiary/aromatic N) is 1. The molecule has 0 bridgehead atoms. The fourth-order valence-corrected chi connectivity index (χ4v) is 3.46. The largest absolute Gasteiger partial charge is 0.454 e. The molecule has 5 heteroatoms. The monoisotopic (exact) mass is 319 g/mol. The van der Waals surface area contributed by atoms with Crippen molar-refractivity contribution >= 4 is 5.91 Å². The maximum absolute atomic E-state index is 12.5. The Labute approximate surface area is 137 Å². The lowest BCUT2D eigenvalue weighted by molar-refractivity contribution is -0.135. The summed E-state index contributed by atoms with van der Waals surface area (Å²) in [7, 11) is 0. The van der Waals surface area contributed by atoms with Gasteiger partial charge in [-0.2, -0.15) is 0 Å². The highest BCUT2D eigenvalue weighted by Crippen LogP contribution is 2.34. The molecule has 0 saturated carbocycles. The summed E-state index contributed by atoms with van der Waals surface area (Å²) in [5, 5.41) is 9.67. The number of carbonyl (C=O) groups excluding carboxylic acids is 1. The molecule has 1 N–H and O–H groups in total. The average Bonchev–Trinajstić information content (AvgIpc) is 3.07. The summed E-state index contributed by atoms with van der Waals surface area (Å²) in [5.41, 5.74) is 0.982. The summed E-state index contributed by atoms with van der Waals surface area (Å²) in [6.45, 7) is 4.01. The number of benzene rings is 1. The SMILES string of the molecule is CC[C@]1(CO)CCCN(C(=O)CCc2ccc3c(c2)OCO3)C1. The van der Waals surface area contributed by atoms with Gasteiger partial charge in [0.05, 0.1) is 6.61 Å². The number of ether oxygens (including phenoxy) is 2. The van der Waals surface area contributed by atoms with Crippen LogP contribution in [0.1, 0.15) is 38.2 Å². The molecule has 1 amide bonds. The number of hydrogen-bond donors (Lipinski definition) is 1. The van der Waals surface area contributed by atoms with Gasteiger partial charge in [-0.1, -0.05) is 13.0 Å². The summed E-state index contributed by atoms with van der Waals surface area (Å²) in [5.74, 6) is 1.71. The first-order chi connectivity index (χ1) is 11.2. The molecule has 0 aliphatic carbocycles. The van der Waals surface area contributed by atoms with Gasteiger partial charge in [0.2, 0.25) is 12.7 Å². The van der Waals surface area contributed by atoms with Gasteiger partial charge in [0.15, 0.2) is 11.5 Å². The zero-order valence-corrected chi connectivity index (χ0v) is 13.7. The Morgan fingerprint density at radius 3 is 2.96 bits per heavy atom. The van der Waals surface area contributed by atoms with E-state index in [-0.39, 0.29) is 24.7 Å². The number of aryl methyl sites for hydroxylation is 1. The average molecular weight is 319 g/mol. The molecular weight excluding hydrogens is 294 g/mol. The van der Waals surface area contributed by atoms with E-state index in [9.17, 15) is 9.90 Å². The number of piperidine rings is 1. The van der Waals surface area contributed by atoms with E-state index in [2.05, 4.69) is 6.92 Å². The number of aliphatic hydroxyl groups excluding tert-OH is 1. The van der Waals surface area contributed by atoms with Crippen molar-refractivity contribution in [3.63, 3.8) is 0 Å². The van der Waals surface area contributed by atoms with Gasteiger partial charge >= 0.3 is 0 Å². The topological polar surface area (TPSA) is 59.0 Å². The summed E-state index contributed by atoms with van der Waals surface area (Å²) in [6, 6.07) is 5.84. The Morgan fingerprint density at radius 2 is 2.17 bits per heavy atom. The van der Waals surface area contributed by atoms with E-state index >= 15 is 0 Å². The molecule has 126 valence electrons. The fourth-order valence-electron chi connectivity index (χ4n) is 3.46. The lowest BCUT2D eigenvalue weighted by atomic mass is 9.78. The zero-order chi connectivity index (χ0) is 16.3. The smallest absolute Gasteiger partial charge is 0.231 e. The van der Waals surface area contributed by atoms with Crippen molar-refractivity contribution in [3.8, 4) is 11.5 Å². The van der Waals surface area contributed by atoms with Gasteiger partial charge in [-0.3, -0.25) is 4.79 Å². The minimum absolute atomic E-state index is 0.105. The Bertz CT molecular complexity index is 568. The first-order valence-electron chi connectivity index (χ1n) is 8.43. The number of hydrogen-bond acceptors (Lipinski definition) is 4. The molecule has 2 aliphatic rings. The second-order valence-electron chi connectivity index (χ2n) is 6.62. The molecule has 5 nitrogen and oxygen atoms in total. The van der Waals surface area contributed by atoms with Crippen molar-refractivity contribution in [2.75, 3.05) is 26.5 Å². The molecule has 0 unspecified atom stereocenters. The summed E-state index contributed by atoms with van der Waals surface area (Å²) in [6.07, 6.45) is 4.08. The zero-order valence-electron chi connectivity index (χ0n) is 13.7. The number of rotatable bonds is 5. The van der Waals surface area contributed by atoms with Gasteiger partial charge in [0.25, 0.3) is 0 Å². The first-order valence-corrected chi connectivity index (χ1v) is 8.43. The van der Waals surface area contributed by atoms with Crippen LogP contribution in [0, 0.1) is 5.41 Å². The van der Waals surface area contributed by atoms with E-state index in [1.165, 1.54) is 0 Å². The van der Waals surface area contributed by atoms with E-state index in [1.807, 2.05) is 23.1 Å². The lowest BCUT2D eigenvalue weighted by Crippen LogP contribution is -2.47. The highest BCUT2D eigenvalue weighted by Gasteiger charge is 2.34. The van der Waals surface area contributed by atoms with E-state index in [0.29, 0.717) is 19.4 Å². The predicted octanol–water partition coefficient (Wildman–Crippen LogP) is 2.36. The van der Waals surface area contributed by atoms with Crippen molar-refractivity contribution in [3.05, 3.63) is 23.8 Å². The fraction of sp³-hybridized carbons (Fsp3) is 0.611. The molecule has 1 aromatic carbocycles. The molecule has 1 atom stereocenters. The van der Waals surface area contributed by atoms with Crippen molar-refractivity contribution < 1.29 is 19.4 Å². The number of aliphatic hydroxyl groups is 1. The van der Waals surface area contributed by atoms with Crippen LogP contribution in [0.3, 0.4) is 0 Å². The molecule has 1 aromatic rings. The van der Waals surface area contributed by atoms with Gasteiger partial charge in [0, 0.05) is 24.9 Å². The van der Waals surface area contributed by atoms with Crippen LogP contribution in [0.5, 0.6) is 11.5 Å². The van der Waals surface area contributed by atoms with Gasteiger partial charge in [-0.05, 0) is 43.4 Å². The third-order valence-corrected chi connectivity index (χ3v) is 5.16. The number of likely N-dealkylation sites (tertiary alicyclic amines) is 1. The minimum Gasteiger partial charge on any atom is -0.454 e. The van der Waals surface area contributed by atoms with E-state index < -0.39 is 0 Å². The van der Waals surface area contributed by atoms with Gasteiger partial charge in [-0.25, -0.2) is 0 Å². The van der Waals surface area contributed by atoms with Crippen molar-refractivity contribution in [2.45, 2.75) is 39.0 Å². The van der Waals surface area contributed by atoms with Gasteiger partial charge in [0.1, 0.15) is 0 Å². The van der Waals surface area contributed by atoms with Crippen molar-refractivity contribution in [2.24, 2.45) is 5.41 Å². The Hall–Kier alpha value is -1.75. The van der Waals surface area contributed by atoms with Gasteiger partial charge in [-0.15, -0.1) is 0 Å². The lowest BCUT2D eigenvalue weighted by Gasteiger charge is -2.41. The van der Waals surface area contributed by atoms with Crippen LogP contribution >= 0.6 is 0 Å². The molecule has 0 radical (unpaired) electrons. The third-order valence-electron chi connectivity index (χ3n) is 5.16. The van der Waals surface area contributed by atoms with Crippen LogP contribution in [0.4, 0.5) is 0 Å². The highest BCUT2D eigenvalue weighted by molar-refractivity contribution is 5.76. The molecule has 0 aromatic heterocycles. The molecule has 23 heavy (non-hydrogen) atoms. The predicted molar refractivity (Wildman–Crippen MR) is 86.5 cm³/mol. The van der Waals surface area contributed by atoms with Crippen molar-refractivity contribution in [1.29, 1.82) is 0 Å². The molecule has 1 saturated heterocycles. The Balaban J connectivity index is 1.57. The highest BCUT2D eigenvalue weighted by atomic mass is 16.7. The molecule has 1 fully saturated rings. The summed E-state index contributed by atoms with van der Waals surface area (Å²) < 4.78 is 10.7. The standard InChI is InChI=1S/C18H25NO4/c1-2-18(12-20)8-3-9-19(11-18)17(21)7-5-14-4-6-15-16(10-14)23-13-22-15/h4,6,10,20H,2-3,5,7-9,11-13H2,1H3/t18-/m0/s1. The first kappa shape index (κ1) is 16.1. The maximum atomic E-state index is 12.5. The number of amides is 1. The molecule has 2 aliphatic heterocycles. The van der Waals surface area contributed by atoms with Crippen LogP contribution in [0.2, 0.25) is 0 Å². The Kier molecular flexibility index (Phi) is 4.76. The van der Waals surface area contributed by atoms with Crippen LogP contribution < -0.4 is 9.47 Å². The van der Waals surface area contributed by atoms with Gasteiger partial charge < -0.3 is 19.5 Å². The second kappa shape index (κ2) is 6.79.